The van der Waals surface area contributed by atoms with Gasteiger partial charge in [-0.1, -0.05) is 24.3 Å². The number of ketones is 1. The number of carbonyl (C=O) groups is 3. The Kier molecular flexibility index (Phi) is 7.42. The van der Waals surface area contributed by atoms with E-state index < -0.39 is 18.1 Å². The first-order valence-electron chi connectivity index (χ1n) is 11.4. The number of phenolic OH excluding ortho intramolecular Hbond substituents is 2. The monoisotopic (exact) mass is 474 g/mol. The van der Waals surface area contributed by atoms with Gasteiger partial charge in [-0.15, -0.1) is 0 Å². The van der Waals surface area contributed by atoms with Crippen LogP contribution in [0.3, 0.4) is 0 Å². The predicted molar refractivity (Wildman–Crippen MR) is 129 cm³/mol. The summed E-state index contributed by atoms with van der Waals surface area (Å²) >= 11 is 0. The van der Waals surface area contributed by atoms with E-state index in [-0.39, 0.29) is 34.3 Å². The molecule has 4 rings (SSSR count). The Hall–Kier alpha value is -4.17. The molecule has 3 aromatic rings. The van der Waals surface area contributed by atoms with Gasteiger partial charge in [-0.3, -0.25) is 9.59 Å². The molecule has 35 heavy (non-hydrogen) atoms. The summed E-state index contributed by atoms with van der Waals surface area (Å²) < 4.78 is 5.77. The number of para-hydroxylation sites is 1. The quantitative estimate of drug-likeness (QED) is 0.320. The number of nitrogens with one attached hydrogen (secondary N) is 2. The first-order chi connectivity index (χ1) is 16.9. The largest absolute Gasteiger partial charge is 0.508 e. The molecule has 1 aliphatic heterocycles. The zero-order valence-corrected chi connectivity index (χ0v) is 18.9. The number of rotatable bonds is 6. The van der Waals surface area contributed by atoms with E-state index in [0.717, 1.165) is 13.0 Å². The van der Waals surface area contributed by atoms with E-state index in [1.165, 1.54) is 60.7 Å². The summed E-state index contributed by atoms with van der Waals surface area (Å²) in [5, 5.41) is 25.5. The van der Waals surface area contributed by atoms with Crippen molar-refractivity contribution in [2.75, 3.05) is 13.1 Å². The summed E-state index contributed by atoms with van der Waals surface area (Å²) in [5.41, 5.74) is 1.18. The van der Waals surface area contributed by atoms with Crippen molar-refractivity contribution >= 4 is 17.7 Å². The maximum absolute atomic E-state index is 12.9. The molecule has 0 bridgehead atoms. The summed E-state index contributed by atoms with van der Waals surface area (Å²) in [6, 6.07) is 17.8. The number of carbonyl (C=O) groups excluding carboxylic acids is 3. The van der Waals surface area contributed by atoms with Crippen LogP contribution in [-0.4, -0.2) is 53.1 Å². The lowest BCUT2D eigenvalue weighted by Gasteiger charge is -2.26. The number of phenols is 2. The fraction of sp³-hybridized carbons (Fsp3) is 0.222. The molecule has 0 saturated carbocycles. The molecule has 1 fully saturated rings. The van der Waals surface area contributed by atoms with Gasteiger partial charge in [0.1, 0.15) is 17.6 Å². The zero-order chi connectivity index (χ0) is 24.8. The highest BCUT2D eigenvalue weighted by Gasteiger charge is 2.29. The van der Waals surface area contributed by atoms with Crippen LogP contribution in [0, 0.1) is 0 Å². The third-order valence-corrected chi connectivity index (χ3v) is 5.89. The van der Waals surface area contributed by atoms with E-state index >= 15 is 0 Å². The second kappa shape index (κ2) is 10.8. The van der Waals surface area contributed by atoms with E-state index in [1.807, 2.05) is 0 Å². The van der Waals surface area contributed by atoms with Gasteiger partial charge < -0.3 is 25.6 Å². The highest BCUT2D eigenvalue weighted by Crippen LogP contribution is 2.21. The summed E-state index contributed by atoms with van der Waals surface area (Å²) in [7, 11) is 0. The minimum Gasteiger partial charge on any atom is -0.508 e. The van der Waals surface area contributed by atoms with Crippen molar-refractivity contribution in [3.63, 3.8) is 0 Å². The average molecular weight is 475 g/mol. The average Bonchev–Trinajstić information content (AvgIpc) is 3.09. The van der Waals surface area contributed by atoms with E-state index in [0.29, 0.717) is 24.1 Å². The number of ether oxygens (including phenoxy) is 1. The Bertz CT molecular complexity index is 1210. The van der Waals surface area contributed by atoms with Gasteiger partial charge in [0.15, 0.2) is 5.78 Å². The van der Waals surface area contributed by atoms with Crippen LogP contribution >= 0.6 is 0 Å². The van der Waals surface area contributed by atoms with Crippen LogP contribution in [-0.2, 0) is 4.74 Å². The molecule has 3 aromatic carbocycles. The predicted octanol–water partition coefficient (Wildman–Crippen LogP) is 3.04. The van der Waals surface area contributed by atoms with Crippen LogP contribution in [0.15, 0.2) is 72.8 Å². The molecule has 0 unspecified atom stereocenters. The van der Waals surface area contributed by atoms with Crippen molar-refractivity contribution in [2.45, 2.75) is 25.0 Å². The molecule has 4 N–H and O–H groups in total. The van der Waals surface area contributed by atoms with Crippen molar-refractivity contribution in [2.24, 2.45) is 0 Å². The van der Waals surface area contributed by atoms with Crippen molar-refractivity contribution in [1.29, 1.82) is 0 Å². The maximum atomic E-state index is 12.9. The lowest BCUT2D eigenvalue weighted by Crippen LogP contribution is -2.49. The molecule has 0 aromatic heterocycles. The molecule has 2 atom stereocenters. The van der Waals surface area contributed by atoms with Crippen molar-refractivity contribution in [1.82, 2.24) is 10.6 Å². The standard InChI is InChI=1S/C27H26N2O6/c30-20-13-11-18(12-14-20)26(33)29-22-16-28-15-3-6-24(22)35-27(34)19-9-7-17(8-10-19)25(32)21-4-1-2-5-23(21)31/h1-2,4-5,7-14,22,24,28,30-31H,3,6,15-16H2,(H,29,33)/t22-,24+/m0/s1. The fourth-order valence-electron chi connectivity index (χ4n) is 3.95. The van der Waals surface area contributed by atoms with E-state index in [9.17, 15) is 24.6 Å². The van der Waals surface area contributed by atoms with Gasteiger partial charge in [0.2, 0.25) is 0 Å². The fourth-order valence-corrected chi connectivity index (χ4v) is 3.95. The molecule has 1 heterocycles. The molecule has 0 aliphatic carbocycles. The normalized spacial score (nSPS) is 17.7. The number of aromatic hydroxyl groups is 2. The maximum Gasteiger partial charge on any atom is 0.338 e. The van der Waals surface area contributed by atoms with Crippen LogP contribution in [0.5, 0.6) is 11.5 Å². The van der Waals surface area contributed by atoms with Crippen LogP contribution in [0.4, 0.5) is 0 Å². The van der Waals surface area contributed by atoms with E-state index in [2.05, 4.69) is 10.6 Å². The van der Waals surface area contributed by atoms with Crippen molar-refractivity contribution in [3.05, 3.63) is 95.1 Å². The lowest BCUT2D eigenvalue weighted by molar-refractivity contribution is 0.0192. The van der Waals surface area contributed by atoms with Crippen molar-refractivity contribution in [3.8, 4) is 11.5 Å². The van der Waals surface area contributed by atoms with Crippen LogP contribution in [0.25, 0.3) is 0 Å². The van der Waals surface area contributed by atoms with Crippen LogP contribution in [0.1, 0.15) is 49.5 Å². The zero-order valence-electron chi connectivity index (χ0n) is 18.9. The Labute approximate surface area is 202 Å². The summed E-state index contributed by atoms with van der Waals surface area (Å²) in [5.74, 6) is -1.27. The smallest absolute Gasteiger partial charge is 0.338 e. The van der Waals surface area contributed by atoms with Gasteiger partial charge in [0, 0.05) is 17.7 Å². The van der Waals surface area contributed by atoms with Gasteiger partial charge in [-0.2, -0.15) is 0 Å². The molecule has 0 spiro atoms. The molecular formula is C27H26N2O6. The Morgan fingerprint density at radius 3 is 2.23 bits per heavy atom. The van der Waals surface area contributed by atoms with Crippen LogP contribution in [0.2, 0.25) is 0 Å². The molecule has 0 radical (unpaired) electrons. The Morgan fingerprint density at radius 1 is 0.857 bits per heavy atom. The second-order valence-electron chi connectivity index (χ2n) is 8.34. The molecule has 1 amide bonds. The van der Waals surface area contributed by atoms with Gasteiger partial charge in [-0.05, 0) is 67.9 Å². The van der Waals surface area contributed by atoms with Gasteiger partial charge in [0.25, 0.3) is 5.91 Å². The van der Waals surface area contributed by atoms with Gasteiger partial charge in [-0.25, -0.2) is 4.79 Å². The van der Waals surface area contributed by atoms with Crippen molar-refractivity contribution < 1.29 is 29.3 Å². The molecule has 8 heteroatoms. The lowest BCUT2D eigenvalue weighted by atomic mass is 10.0. The van der Waals surface area contributed by atoms with Gasteiger partial charge in [0.05, 0.1) is 17.2 Å². The minimum absolute atomic E-state index is 0.0674. The number of hydrogen-bond donors (Lipinski definition) is 4. The third-order valence-electron chi connectivity index (χ3n) is 5.89. The third kappa shape index (κ3) is 5.85. The van der Waals surface area contributed by atoms with E-state index in [1.54, 1.807) is 12.1 Å². The number of hydrogen-bond acceptors (Lipinski definition) is 7. The minimum atomic E-state index is -0.553. The summed E-state index contributed by atoms with van der Waals surface area (Å²) in [6.45, 7) is 1.18. The SMILES string of the molecule is O=C(N[C@H]1CNCCC[C@H]1OC(=O)c1ccc(C(=O)c2ccccc2O)cc1)c1ccc(O)cc1. The molecular weight excluding hydrogens is 448 g/mol. The summed E-state index contributed by atoms with van der Waals surface area (Å²) in [6.07, 6.45) is 0.807. The second-order valence-corrected chi connectivity index (χ2v) is 8.34. The molecule has 180 valence electrons. The van der Waals surface area contributed by atoms with Crippen LogP contribution < -0.4 is 10.6 Å². The van der Waals surface area contributed by atoms with E-state index in [4.69, 9.17) is 4.74 Å². The Morgan fingerprint density at radius 2 is 1.51 bits per heavy atom. The summed E-state index contributed by atoms with van der Waals surface area (Å²) in [4.78, 5) is 38.2. The first kappa shape index (κ1) is 24.0. The molecule has 1 saturated heterocycles. The number of esters is 1. The molecule has 8 nitrogen and oxygen atoms in total. The Balaban J connectivity index is 1.43. The molecule has 1 aliphatic rings. The number of benzene rings is 3. The topological polar surface area (TPSA) is 125 Å². The first-order valence-corrected chi connectivity index (χ1v) is 11.4. The highest BCUT2D eigenvalue weighted by atomic mass is 16.5. The highest BCUT2D eigenvalue weighted by molar-refractivity contribution is 6.11. The number of amides is 1. The van der Waals surface area contributed by atoms with Gasteiger partial charge >= 0.3 is 5.97 Å².